The van der Waals surface area contributed by atoms with Gasteiger partial charge in [-0.3, -0.25) is 4.79 Å². The number of imidazole rings is 1. The van der Waals surface area contributed by atoms with Crippen molar-refractivity contribution in [3.05, 3.63) is 48.5 Å². The third-order valence-electron chi connectivity index (χ3n) is 2.76. The highest BCUT2D eigenvalue weighted by Crippen LogP contribution is 2.16. The molecule has 0 saturated heterocycles. The van der Waals surface area contributed by atoms with Gasteiger partial charge in [0.2, 0.25) is 5.91 Å². The second-order valence-corrected chi connectivity index (χ2v) is 4.14. The van der Waals surface area contributed by atoms with Gasteiger partial charge >= 0.3 is 5.97 Å². The van der Waals surface area contributed by atoms with Crippen LogP contribution in [-0.2, 0) is 16.1 Å². The van der Waals surface area contributed by atoms with Crippen LogP contribution in [0.25, 0.3) is 0 Å². The van der Waals surface area contributed by atoms with E-state index in [1.807, 2.05) is 4.57 Å². The van der Waals surface area contributed by atoms with Gasteiger partial charge in [-0.25, -0.2) is 9.78 Å². The minimum absolute atomic E-state index is 0.171. The van der Waals surface area contributed by atoms with Gasteiger partial charge in [-0.2, -0.15) is 0 Å². The van der Waals surface area contributed by atoms with Crippen LogP contribution in [0.5, 0.6) is 0 Å². The fourth-order valence-electron chi connectivity index (χ4n) is 1.74. The Morgan fingerprint density at radius 1 is 1.35 bits per heavy atom. The first kappa shape index (κ1) is 13.8. The molecule has 0 bridgehead atoms. The molecule has 0 aliphatic carbocycles. The molecule has 2 rings (SSSR count). The first-order valence-corrected chi connectivity index (χ1v) is 6.13. The smallest absolute Gasteiger partial charge is 0.339 e. The molecule has 6 heteroatoms. The molecule has 0 aliphatic heterocycles. The second-order valence-electron chi connectivity index (χ2n) is 4.14. The zero-order valence-electron chi connectivity index (χ0n) is 11.1. The van der Waals surface area contributed by atoms with Crippen LogP contribution in [0.1, 0.15) is 16.8 Å². The Morgan fingerprint density at radius 3 is 2.85 bits per heavy atom. The van der Waals surface area contributed by atoms with Gasteiger partial charge in [0.05, 0.1) is 24.7 Å². The molecule has 2 aromatic rings. The number of aryl methyl sites for hydroxylation is 1. The summed E-state index contributed by atoms with van der Waals surface area (Å²) in [7, 11) is 1.31. The normalized spacial score (nSPS) is 10.1. The summed E-state index contributed by atoms with van der Waals surface area (Å²) in [5.74, 6) is -0.648. The minimum Gasteiger partial charge on any atom is -0.465 e. The van der Waals surface area contributed by atoms with Crippen LogP contribution in [0.15, 0.2) is 43.0 Å². The molecule has 0 radical (unpaired) electrons. The van der Waals surface area contributed by atoms with Gasteiger partial charge in [-0.05, 0) is 12.1 Å². The van der Waals surface area contributed by atoms with Crippen molar-refractivity contribution in [3.63, 3.8) is 0 Å². The summed E-state index contributed by atoms with van der Waals surface area (Å²) in [4.78, 5) is 27.4. The van der Waals surface area contributed by atoms with E-state index in [1.165, 1.54) is 7.11 Å². The zero-order chi connectivity index (χ0) is 14.4. The van der Waals surface area contributed by atoms with E-state index in [-0.39, 0.29) is 5.91 Å². The van der Waals surface area contributed by atoms with Crippen LogP contribution in [0.4, 0.5) is 5.69 Å². The van der Waals surface area contributed by atoms with Gasteiger partial charge < -0.3 is 14.6 Å². The summed E-state index contributed by atoms with van der Waals surface area (Å²) in [5, 5.41) is 2.71. The van der Waals surface area contributed by atoms with Gasteiger partial charge in [0.15, 0.2) is 0 Å². The monoisotopic (exact) mass is 273 g/mol. The number of esters is 1. The number of hydrogen-bond acceptors (Lipinski definition) is 4. The van der Waals surface area contributed by atoms with Crippen molar-refractivity contribution in [2.24, 2.45) is 0 Å². The highest BCUT2D eigenvalue weighted by Gasteiger charge is 2.12. The predicted octanol–water partition coefficient (Wildman–Crippen LogP) is 1.70. The van der Waals surface area contributed by atoms with E-state index in [9.17, 15) is 9.59 Å². The average molecular weight is 273 g/mol. The highest BCUT2D eigenvalue weighted by molar-refractivity contribution is 6.01. The van der Waals surface area contributed by atoms with E-state index in [4.69, 9.17) is 0 Å². The van der Waals surface area contributed by atoms with Crippen LogP contribution < -0.4 is 5.32 Å². The Balaban J connectivity index is 1.99. The van der Waals surface area contributed by atoms with Crippen molar-refractivity contribution in [2.45, 2.75) is 13.0 Å². The van der Waals surface area contributed by atoms with E-state index in [1.54, 1.807) is 43.0 Å². The number of hydrogen-bond donors (Lipinski definition) is 1. The molecule has 1 aromatic heterocycles. The molecule has 0 unspecified atom stereocenters. The van der Waals surface area contributed by atoms with Gasteiger partial charge in [-0.15, -0.1) is 0 Å². The number of rotatable bonds is 5. The number of amides is 1. The first-order chi connectivity index (χ1) is 9.70. The van der Waals surface area contributed by atoms with Gasteiger partial charge in [0.25, 0.3) is 0 Å². The van der Waals surface area contributed by atoms with Crippen LogP contribution in [0.3, 0.4) is 0 Å². The molecule has 0 saturated carbocycles. The summed E-state index contributed by atoms with van der Waals surface area (Å²) in [6.07, 6.45) is 5.39. The molecule has 1 N–H and O–H groups in total. The maximum absolute atomic E-state index is 11.9. The van der Waals surface area contributed by atoms with Crippen molar-refractivity contribution in [2.75, 3.05) is 12.4 Å². The lowest BCUT2D eigenvalue weighted by molar-refractivity contribution is -0.116. The van der Waals surface area contributed by atoms with Crippen molar-refractivity contribution >= 4 is 17.6 Å². The Labute approximate surface area is 116 Å². The van der Waals surface area contributed by atoms with Crippen LogP contribution in [-0.4, -0.2) is 28.5 Å². The summed E-state index contributed by atoms with van der Waals surface area (Å²) in [6.45, 7) is 0.534. The molecular weight excluding hydrogens is 258 g/mol. The van der Waals surface area contributed by atoms with Crippen molar-refractivity contribution in [3.8, 4) is 0 Å². The third-order valence-corrected chi connectivity index (χ3v) is 2.76. The molecule has 1 aromatic carbocycles. The van der Waals surface area contributed by atoms with Crippen LogP contribution in [0, 0.1) is 0 Å². The Bertz CT molecular complexity index is 593. The molecule has 104 valence electrons. The highest BCUT2D eigenvalue weighted by atomic mass is 16.5. The van der Waals surface area contributed by atoms with E-state index < -0.39 is 5.97 Å². The summed E-state index contributed by atoms with van der Waals surface area (Å²) in [6, 6.07) is 6.74. The van der Waals surface area contributed by atoms with E-state index in [0.717, 1.165) is 0 Å². The Morgan fingerprint density at radius 2 is 2.15 bits per heavy atom. The second kappa shape index (κ2) is 6.51. The zero-order valence-corrected chi connectivity index (χ0v) is 11.1. The number of carbonyl (C=O) groups is 2. The predicted molar refractivity (Wildman–Crippen MR) is 73.3 cm³/mol. The molecule has 1 heterocycles. The topological polar surface area (TPSA) is 73.2 Å². The van der Waals surface area contributed by atoms with Gasteiger partial charge in [-0.1, -0.05) is 12.1 Å². The molecule has 0 atom stereocenters. The lowest BCUT2D eigenvalue weighted by atomic mass is 10.1. The lowest BCUT2D eigenvalue weighted by Gasteiger charge is -2.09. The number of nitrogens with one attached hydrogen (secondary N) is 1. The quantitative estimate of drug-likeness (QED) is 0.841. The number of methoxy groups -OCH3 is 1. The Kier molecular flexibility index (Phi) is 4.49. The number of benzene rings is 1. The molecule has 1 amide bonds. The maximum Gasteiger partial charge on any atom is 0.339 e. The fraction of sp³-hybridized carbons (Fsp3) is 0.214. The number of carbonyl (C=O) groups excluding carboxylic acids is 2. The van der Waals surface area contributed by atoms with Crippen LogP contribution in [0.2, 0.25) is 0 Å². The third kappa shape index (κ3) is 3.44. The minimum atomic E-state index is -0.476. The summed E-state index contributed by atoms with van der Waals surface area (Å²) >= 11 is 0. The molecule has 0 aliphatic rings. The standard InChI is InChI=1S/C14H15N3O3/c1-20-14(19)11-4-2-3-5-12(11)16-13(18)6-8-17-9-7-15-10-17/h2-5,7,9-10H,6,8H2,1H3,(H,16,18). The number of aromatic nitrogens is 2. The van der Waals surface area contributed by atoms with Gasteiger partial charge in [0.1, 0.15) is 0 Å². The van der Waals surface area contributed by atoms with E-state index in [0.29, 0.717) is 24.2 Å². The molecule has 0 fully saturated rings. The molecule has 6 nitrogen and oxygen atoms in total. The first-order valence-electron chi connectivity index (χ1n) is 6.13. The molecule has 0 spiro atoms. The van der Waals surface area contributed by atoms with E-state index in [2.05, 4.69) is 15.0 Å². The number of anilines is 1. The SMILES string of the molecule is COC(=O)c1ccccc1NC(=O)CCn1ccnc1. The molecular formula is C14H15N3O3. The lowest BCUT2D eigenvalue weighted by Crippen LogP contribution is -2.16. The number of ether oxygens (including phenoxy) is 1. The van der Waals surface area contributed by atoms with Crippen molar-refractivity contribution in [1.82, 2.24) is 9.55 Å². The maximum atomic E-state index is 11.9. The average Bonchev–Trinajstić information content (AvgIpc) is 2.98. The molecule has 20 heavy (non-hydrogen) atoms. The number of nitrogens with zero attached hydrogens (tertiary/aromatic N) is 2. The van der Waals surface area contributed by atoms with E-state index >= 15 is 0 Å². The van der Waals surface area contributed by atoms with Crippen molar-refractivity contribution < 1.29 is 14.3 Å². The van der Waals surface area contributed by atoms with Crippen molar-refractivity contribution in [1.29, 1.82) is 0 Å². The Hall–Kier alpha value is -2.63. The van der Waals surface area contributed by atoms with Crippen LogP contribution >= 0.6 is 0 Å². The largest absolute Gasteiger partial charge is 0.465 e. The van der Waals surface area contributed by atoms with Gasteiger partial charge in [0, 0.05) is 25.4 Å². The summed E-state index contributed by atoms with van der Waals surface area (Å²) < 4.78 is 6.49. The number of para-hydroxylation sites is 1. The summed E-state index contributed by atoms with van der Waals surface area (Å²) in [5.41, 5.74) is 0.793. The fourth-order valence-corrected chi connectivity index (χ4v) is 1.74.